The molecule has 3 aromatic rings. The van der Waals surface area contributed by atoms with Crippen LogP contribution in [0.1, 0.15) is 11.1 Å². The van der Waals surface area contributed by atoms with Crippen molar-refractivity contribution >= 4 is 35.4 Å². The first kappa shape index (κ1) is 20.7. The minimum absolute atomic E-state index is 0.132. The van der Waals surface area contributed by atoms with Gasteiger partial charge in [0, 0.05) is 12.1 Å². The van der Waals surface area contributed by atoms with Gasteiger partial charge >= 0.3 is 0 Å². The summed E-state index contributed by atoms with van der Waals surface area (Å²) in [6.07, 6.45) is 4.73. The summed E-state index contributed by atoms with van der Waals surface area (Å²) in [6.45, 7) is 3.86. The second-order valence-corrected chi connectivity index (χ2v) is 6.98. The summed E-state index contributed by atoms with van der Waals surface area (Å²) in [6, 6.07) is 12.2. The first-order valence-electron chi connectivity index (χ1n) is 8.70. The Hall–Kier alpha value is -3.02. The fraction of sp³-hybridized carbons (Fsp3) is 0.0909. The van der Waals surface area contributed by atoms with Crippen molar-refractivity contribution in [3.63, 3.8) is 0 Å². The number of aromatic amines is 1. The largest absolute Gasteiger partial charge is 0.496 e. The number of allylic oxidation sites excluding steroid dienone is 1. The molecule has 0 unspecified atom stereocenters. The van der Waals surface area contributed by atoms with E-state index < -0.39 is 5.56 Å². The monoisotopic (exact) mass is 428 g/mol. The lowest BCUT2D eigenvalue weighted by molar-refractivity contribution is 0.414. The fourth-order valence-corrected chi connectivity index (χ4v) is 3.18. The molecule has 5 nitrogen and oxygen atoms in total. The highest BCUT2D eigenvalue weighted by atomic mass is 35.5. The number of H-pyrrole nitrogens is 1. The zero-order chi connectivity index (χ0) is 21.0. The van der Waals surface area contributed by atoms with E-state index in [0.717, 1.165) is 0 Å². The van der Waals surface area contributed by atoms with Crippen molar-refractivity contribution < 1.29 is 4.74 Å². The maximum Gasteiger partial charge on any atom is 0.275 e. The van der Waals surface area contributed by atoms with Crippen LogP contribution in [0.25, 0.3) is 12.2 Å². The molecule has 2 aromatic carbocycles. The van der Waals surface area contributed by atoms with Gasteiger partial charge in [0.25, 0.3) is 11.1 Å². The smallest absolute Gasteiger partial charge is 0.275 e. The summed E-state index contributed by atoms with van der Waals surface area (Å²) in [7, 11) is 1.54. The van der Waals surface area contributed by atoms with Crippen molar-refractivity contribution in [2.45, 2.75) is 6.54 Å². The third-order valence-corrected chi connectivity index (χ3v) is 4.98. The van der Waals surface area contributed by atoms with E-state index in [9.17, 15) is 9.59 Å². The molecule has 0 saturated heterocycles. The predicted octanol–water partition coefficient (Wildman–Crippen LogP) is 2.70. The second-order valence-electron chi connectivity index (χ2n) is 6.16. The Morgan fingerprint density at radius 2 is 1.86 bits per heavy atom. The molecule has 148 valence electrons. The lowest BCUT2D eigenvalue weighted by atomic mass is 10.2. The summed E-state index contributed by atoms with van der Waals surface area (Å²) < 4.78 is 6.69. The van der Waals surface area contributed by atoms with Gasteiger partial charge in [-0.05, 0) is 35.9 Å². The van der Waals surface area contributed by atoms with Gasteiger partial charge in [-0.25, -0.2) is 0 Å². The highest BCUT2D eigenvalue weighted by Crippen LogP contribution is 2.22. The lowest BCUT2D eigenvalue weighted by Crippen LogP contribution is -2.53. The number of nitrogens with one attached hydrogen (secondary N) is 1. The number of hydrogen-bond donors (Lipinski definition) is 1. The summed E-state index contributed by atoms with van der Waals surface area (Å²) in [5.74, 6) is 0.593. The lowest BCUT2D eigenvalue weighted by Gasteiger charge is -2.06. The van der Waals surface area contributed by atoms with Gasteiger partial charge in [-0.2, -0.15) is 0 Å². The number of hydrogen-bond acceptors (Lipinski definition) is 3. The molecule has 0 aliphatic rings. The highest BCUT2D eigenvalue weighted by Gasteiger charge is 2.06. The third kappa shape index (κ3) is 4.53. The van der Waals surface area contributed by atoms with Gasteiger partial charge in [-0.15, -0.1) is 6.58 Å². The molecule has 0 aliphatic heterocycles. The summed E-state index contributed by atoms with van der Waals surface area (Å²) in [5, 5.41) is 1.09. The normalized spacial score (nSPS) is 12.2. The van der Waals surface area contributed by atoms with Crippen LogP contribution >= 0.6 is 23.2 Å². The van der Waals surface area contributed by atoms with Crippen LogP contribution in [0.2, 0.25) is 10.0 Å². The molecule has 0 fully saturated rings. The van der Waals surface area contributed by atoms with Crippen molar-refractivity contribution in [3.8, 4) is 5.75 Å². The number of rotatable bonds is 5. The Balaban J connectivity index is 2.30. The summed E-state index contributed by atoms with van der Waals surface area (Å²) in [4.78, 5) is 28.5. The molecule has 7 heteroatoms. The molecule has 1 N–H and O–H groups in total. The van der Waals surface area contributed by atoms with Crippen LogP contribution in [0, 0.1) is 0 Å². The Morgan fingerprint density at radius 3 is 2.55 bits per heavy atom. The van der Waals surface area contributed by atoms with Gasteiger partial charge in [0.1, 0.15) is 16.4 Å². The van der Waals surface area contributed by atoms with Crippen LogP contribution in [-0.2, 0) is 6.54 Å². The van der Waals surface area contributed by atoms with Crippen LogP contribution < -0.4 is 26.6 Å². The molecule has 0 spiro atoms. The molecule has 29 heavy (non-hydrogen) atoms. The van der Waals surface area contributed by atoms with E-state index in [1.54, 1.807) is 55.7 Å². The number of ether oxygens (including phenoxy) is 1. The predicted molar refractivity (Wildman–Crippen MR) is 117 cm³/mol. The minimum Gasteiger partial charge on any atom is -0.496 e. The molecule has 3 rings (SSSR count). The number of benzene rings is 2. The van der Waals surface area contributed by atoms with E-state index in [1.807, 2.05) is 12.1 Å². The van der Waals surface area contributed by atoms with E-state index in [4.69, 9.17) is 27.9 Å². The first-order valence-corrected chi connectivity index (χ1v) is 9.45. The molecule has 0 atom stereocenters. The molecule has 1 heterocycles. The van der Waals surface area contributed by atoms with Crippen molar-refractivity contribution in [3.05, 3.63) is 108 Å². The van der Waals surface area contributed by atoms with Crippen LogP contribution in [0.5, 0.6) is 5.75 Å². The van der Waals surface area contributed by atoms with Crippen molar-refractivity contribution in [2.24, 2.45) is 0 Å². The topological polar surface area (TPSA) is 64.1 Å². The molecular formula is C22H18Cl2N2O3. The summed E-state index contributed by atoms with van der Waals surface area (Å²) in [5.41, 5.74) is 0.540. The van der Waals surface area contributed by atoms with Crippen LogP contribution in [0.4, 0.5) is 0 Å². The van der Waals surface area contributed by atoms with Crippen molar-refractivity contribution in [1.82, 2.24) is 9.55 Å². The molecule has 0 aliphatic carbocycles. The quantitative estimate of drug-likeness (QED) is 0.635. The molecule has 0 radical (unpaired) electrons. The van der Waals surface area contributed by atoms with Gasteiger partial charge in [0.05, 0.1) is 17.2 Å². The van der Waals surface area contributed by atoms with Gasteiger partial charge in [-0.1, -0.05) is 53.5 Å². The zero-order valence-electron chi connectivity index (χ0n) is 15.6. The molecule has 1 aromatic heterocycles. The standard InChI is InChI=1S/C22H18Cl2N2O3/c1-3-10-26-19(13-15-6-4-5-7-20(15)29-2)21(27)25-18(22(26)28)12-14-8-9-16(23)17(24)11-14/h3-9,11-13H,1,10H2,2H3,(H,25,27)/b18-12+,19-13+. The maximum absolute atomic E-state index is 13.0. The Labute approximate surface area is 176 Å². The van der Waals surface area contributed by atoms with Gasteiger partial charge in [0.2, 0.25) is 0 Å². The van der Waals surface area contributed by atoms with E-state index in [0.29, 0.717) is 26.9 Å². The average molecular weight is 429 g/mol. The first-order chi connectivity index (χ1) is 13.9. The number of halogens is 2. The number of methoxy groups -OCH3 is 1. The van der Waals surface area contributed by atoms with Gasteiger partial charge < -0.3 is 9.72 Å². The van der Waals surface area contributed by atoms with E-state index >= 15 is 0 Å². The van der Waals surface area contributed by atoms with Gasteiger partial charge in [-0.3, -0.25) is 14.2 Å². The Morgan fingerprint density at radius 1 is 1.10 bits per heavy atom. The third-order valence-electron chi connectivity index (χ3n) is 4.24. The SMILES string of the molecule is C=CCn1c(=O)/c(=C\c2ccc(Cl)c(Cl)c2)[nH]c(=O)/c1=C\c1ccccc1OC. The number of para-hydroxylation sites is 1. The minimum atomic E-state index is -0.413. The molecule has 0 saturated carbocycles. The van der Waals surface area contributed by atoms with E-state index in [1.165, 1.54) is 4.57 Å². The van der Waals surface area contributed by atoms with Crippen LogP contribution in [-0.4, -0.2) is 16.7 Å². The Bertz CT molecular complexity index is 1310. The number of nitrogens with zero attached hydrogens (tertiary/aromatic N) is 1. The second kappa shape index (κ2) is 8.99. The molecule has 0 amide bonds. The van der Waals surface area contributed by atoms with Gasteiger partial charge in [0.15, 0.2) is 0 Å². The maximum atomic E-state index is 13.0. The highest BCUT2D eigenvalue weighted by molar-refractivity contribution is 6.42. The average Bonchev–Trinajstić information content (AvgIpc) is 2.71. The van der Waals surface area contributed by atoms with E-state index in [2.05, 4.69) is 11.6 Å². The van der Waals surface area contributed by atoms with E-state index in [-0.39, 0.29) is 22.8 Å². The van der Waals surface area contributed by atoms with Crippen molar-refractivity contribution in [1.29, 1.82) is 0 Å². The zero-order valence-corrected chi connectivity index (χ0v) is 17.1. The van der Waals surface area contributed by atoms with Crippen molar-refractivity contribution in [2.75, 3.05) is 7.11 Å². The molecular weight excluding hydrogens is 411 g/mol. The number of aromatic nitrogens is 2. The Kier molecular flexibility index (Phi) is 6.42. The van der Waals surface area contributed by atoms with Crippen LogP contribution in [0.15, 0.2) is 64.7 Å². The molecule has 0 bridgehead atoms. The fourth-order valence-electron chi connectivity index (χ4n) is 2.87. The summed E-state index contributed by atoms with van der Waals surface area (Å²) >= 11 is 12.0. The van der Waals surface area contributed by atoms with Crippen LogP contribution in [0.3, 0.4) is 0 Å².